The number of carbonyl (C=O) groups excluding carboxylic acids is 1. The Kier molecular flexibility index (Phi) is 11.5. The molecule has 1 amide bonds. The highest BCUT2D eigenvalue weighted by atomic mass is 35.5. The largest absolute Gasteiger partial charge is 0.385 e. The fraction of sp³-hybridized carbons (Fsp3) is 0.618. The normalized spacial score (nSPS) is 23.1. The number of benzene rings is 2. The van der Waals surface area contributed by atoms with Crippen LogP contribution in [0.25, 0.3) is 11.1 Å². The fourth-order valence-corrected chi connectivity index (χ4v) is 7.34. The van der Waals surface area contributed by atoms with Gasteiger partial charge in [0.05, 0.1) is 5.60 Å². The summed E-state index contributed by atoms with van der Waals surface area (Å²) in [5, 5.41) is 16.7. The molecule has 1 saturated carbocycles. The molecule has 0 radical (unpaired) electrons. The number of rotatable bonds is 12. The number of piperidine rings is 1. The molecule has 5 nitrogen and oxygen atoms in total. The van der Waals surface area contributed by atoms with Crippen LogP contribution in [0.5, 0.6) is 0 Å². The van der Waals surface area contributed by atoms with Gasteiger partial charge in [0.1, 0.15) is 0 Å². The fourth-order valence-electron chi connectivity index (χ4n) is 7.05. The number of amides is 1. The number of hydrogen-bond donors (Lipinski definition) is 2. The van der Waals surface area contributed by atoms with E-state index in [0.717, 1.165) is 87.6 Å². The van der Waals surface area contributed by atoms with Gasteiger partial charge >= 0.3 is 0 Å². The van der Waals surface area contributed by atoms with Crippen LogP contribution in [-0.4, -0.2) is 56.3 Å². The van der Waals surface area contributed by atoms with Gasteiger partial charge in [-0.05, 0) is 106 Å². The van der Waals surface area contributed by atoms with Crippen molar-refractivity contribution in [2.45, 2.75) is 76.7 Å². The van der Waals surface area contributed by atoms with Crippen molar-refractivity contribution in [1.82, 2.24) is 10.2 Å². The van der Waals surface area contributed by atoms with Crippen LogP contribution in [0.1, 0.15) is 75.8 Å². The lowest BCUT2D eigenvalue weighted by molar-refractivity contribution is -0.142. The Morgan fingerprint density at radius 2 is 1.90 bits per heavy atom. The Morgan fingerprint density at radius 1 is 1.12 bits per heavy atom. The lowest BCUT2D eigenvalue weighted by Gasteiger charge is -2.45. The van der Waals surface area contributed by atoms with Gasteiger partial charge in [0.2, 0.25) is 5.91 Å². The van der Waals surface area contributed by atoms with Crippen molar-refractivity contribution in [3.63, 3.8) is 0 Å². The maximum Gasteiger partial charge on any atom is 0.225 e. The zero-order valence-corrected chi connectivity index (χ0v) is 25.5. The van der Waals surface area contributed by atoms with Crippen molar-refractivity contribution in [2.75, 3.05) is 40.4 Å². The molecule has 2 atom stereocenters. The van der Waals surface area contributed by atoms with Crippen LogP contribution in [-0.2, 0) is 21.6 Å². The van der Waals surface area contributed by atoms with E-state index in [1.54, 1.807) is 7.11 Å². The molecule has 0 bridgehead atoms. The molecular weight excluding hydrogens is 520 g/mol. The highest BCUT2D eigenvalue weighted by molar-refractivity contribution is 6.33. The zero-order valence-electron chi connectivity index (χ0n) is 24.8. The lowest BCUT2D eigenvalue weighted by Crippen LogP contribution is -2.50. The van der Waals surface area contributed by atoms with Crippen molar-refractivity contribution >= 4 is 17.5 Å². The molecule has 2 aromatic carbocycles. The first-order chi connectivity index (χ1) is 19.4. The monoisotopic (exact) mass is 568 g/mol. The summed E-state index contributed by atoms with van der Waals surface area (Å²) >= 11 is 6.90. The van der Waals surface area contributed by atoms with Gasteiger partial charge < -0.3 is 20.1 Å². The number of hydrogen-bond acceptors (Lipinski definition) is 4. The third-order valence-corrected chi connectivity index (χ3v) is 9.67. The Bertz CT molecular complexity index is 1100. The Balaban J connectivity index is 1.63. The van der Waals surface area contributed by atoms with E-state index < -0.39 is 5.60 Å². The quantitative estimate of drug-likeness (QED) is 0.275. The number of ether oxygens (including phenoxy) is 1. The number of nitrogens with zero attached hydrogens (tertiary/aromatic N) is 1. The standard InChI is InChI=1S/C34H49ClN2O3/c1-4-25-10-7-11-28(22-25)32-30(13-8-14-31(32)35)34(39,19-5-6-21-40-3)29-12-9-20-37(24-29)33(38)27-17-15-26(16-18-27)23-36-2/h7-8,10-11,13-14,22,26-27,29,36,39H,4-6,9,12,15-21,23-24H2,1-3H3/t26-,27-,29?,34?. The second-order valence-corrected chi connectivity index (χ2v) is 12.4. The summed E-state index contributed by atoms with van der Waals surface area (Å²) in [6, 6.07) is 14.4. The molecule has 6 heteroatoms. The van der Waals surface area contributed by atoms with Crippen molar-refractivity contribution in [3.8, 4) is 11.1 Å². The molecule has 2 fully saturated rings. The van der Waals surface area contributed by atoms with E-state index in [0.29, 0.717) is 30.5 Å². The topological polar surface area (TPSA) is 61.8 Å². The van der Waals surface area contributed by atoms with Gasteiger partial charge in [0.15, 0.2) is 0 Å². The number of halogens is 1. The summed E-state index contributed by atoms with van der Waals surface area (Å²) in [6.45, 7) is 5.23. The first-order valence-corrected chi connectivity index (χ1v) is 15.8. The number of aliphatic hydroxyl groups is 1. The van der Waals surface area contributed by atoms with E-state index in [1.807, 2.05) is 19.2 Å². The molecule has 1 saturated heterocycles. The summed E-state index contributed by atoms with van der Waals surface area (Å²) in [4.78, 5) is 15.8. The smallest absolute Gasteiger partial charge is 0.225 e. The van der Waals surface area contributed by atoms with Crippen molar-refractivity contribution in [2.24, 2.45) is 17.8 Å². The van der Waals surface area contributed by atoms with Crippen LogP contribution in [0, 0.1) is 17.8 Å². The molecule has 220 valence electrons. The SMILES string of the molecule is CCc1cccc(-c2c(Cl)cccc2C(O)(CCCCOC)C2CCCN(C(=O)[C@H]3CC[C@H](CNC)CC3)C2)c1. The third kappa shape index (κ3) is 7.28. The van der Waals surface area contributed by atoms with Crippen LogP contribution in [0.4, 0.5) is 0 Å². The number of nitrogens with one attached hydrogen (secondary N) is 1. The number of methoxy groups -OCH3 is 1. The Hall–Kier alpha value is -1.92. The second-order valence-electron chi connectivity index (χ2n) is 12.0. The number of likely N-dealkylation sites (tertiary alicyclic amines) is 1. The summed E-state index contributed by atoms with van der Waals surface area (Å²) < 4.78 is 5.32. The molecule has 2 N–H and O–H groups in total. The summed E-state index contributed by atoms with van der Waals surface area (Å²) in [7, 11) is 3.73. The molecule has 0 aromatic heterocycles. The van der Waals surface area contributed by atoms with Gasteiger partial charge in [-0.15, -0.1) is 0 Å². The van der Waals surface area contributed by atoms with Crippen LogP contribution in [0.15, 0.2) is 42.5 Å². The first-order valence-electron chi connectivity index (χ1n) is 15.4. The summed E-state index contributed by atoms with van der Waals surface area (Å²) in [5.74, 6) is 1.02. The molecular formula is C34H49ClN2O3. The van der Waals surface area contributed by atoms with E-state index in [-0.39, 0.29) is 17.7 Å². The third-order valence-electron chi connectivity index (χ3n) is 9.36. The van der Waals surface area contributed by atoms with Gasteiger partial charge in [-0.25, -0.2) is 0 Å². The van der Waals surface area contributed by atoms with E-state index in [9.17, 15) is 9.90 Å². The molecule has 2 aromatic rings. The molecule has 2 aliphatic rings. The highest BCUT2D eigenvalue weighted by Gasteiger charge is 2.43. The average molecular weight is 569 g/mol. The van der Waals surface area contributed by atoms with Crippen LogP contribution >= 0.6 is 11.6 Å². The highest BCUT2D eigenvalue weighted by Crippen LogP contribution is 2.46. The Labute approximate surface area is 246 Å². The number of aryl methyl sites for hydroxylation is 1. The van der Waals surface area contributed by atoms with Gasteiger partial charge in [-0.3, -0.25) is 4.79 Å². The minimum Gasteiger partial charge on any atom is -0.385 e. The molecule has 1 heterocycles. The second kappa shape index (κ2) is 14.8. The molecule has 4 rings (SSSR count). The van der Waals surface area contributed by atoms with Crippen molar-refractivity contribution in [3.05, 3.63) is 58.6 Å². The van der Waals surface area contributed by atoms with Crippen molar-refractivity contribution < 1.29 is 14.6 Å². The van der Waals surface area contributed by atoms with Crippen LogP contribution < -0.4 is 5.32 Å². The van der Waals surface area contributed by atoms with Crippen LogP contribution in [0.3, 0.4) is 0 Å². The van der Waals surface area contributed by atoms with E-state index in [1.165, 1.54) is 5.56 Å². The van der Waals surface area contributed by atoms with Crippen molar-refractivity contribution in [1.29, 1.82) is 0 Å². The average Bonchev–Trinajstić information content (AvgIpc) is 2.99. The molecule has 1 aliphatic heterocycles. The van der Waals surface area contributed by atoms with Gasteiger partial charge in [0.25, 0.3) is 0 Å². The zero-order chi connectivity index (χ0) is 28.5. The van der Waals surface area contributed by atoms with Crippen LogP contribution in [0.2, 0.25) is 5.02 Å². The minimum absolute atomic E-state index is 0.0556. The van der Waals surface area contributed by atoms with E-state index in [4.69, 9.17) is 16.3 Å². The molecule has 40 heavy (non-hydrogen) atoms. The minimum atomic E-state index is -1.10. The number of unbranched alkanes of at least 4 members (excludes halogenated alkanes) is 1. The molecule has 0 spiro atoms. The molecule has 2 unspecified atom stereocenters. The predicted octanol–water partition coefficient (Wildman–Crippen LogP) is 6.84. The lowest BCUT2D eigenvalue weighted by atomic mass is 9.71. The first kappa shape index (κ1) is 31.0. The number of carbonyl (C=O) groups is 1. The Morgan fingerprint density at radius 3 is 2.62 bits per heavy atom. The maximum atomic E-state index is 13.7. The van der Waals surface area contributed by atoms with Gasteiger partial charge in [-0.2, -0.15) is 0 Å². The van der Waals surface area contributed by atoms with Gasteiger partial charge in [-0.1, -0.05) is 54.9 Å². The summed E-state index contributed by atoms with van der Waals surface area (Å²) in [5.41, 5.74) is 2.99. The van der Waals surface area contributed by atoms with E-state index in [2.05, 4.69) is 47.5 Å². The maximum absolute atomic E-state index is 13.7. The van der Waals surface area contributed by atoms with Gasteiger partial charge in [0, 0.05) is 49.2 Å². The molecule has 1 aliphatic carbocycles. The van der Waals surface area contributed by atoms with E-state index >= 15 is 0 Å². The summed E-state index contributed by atoms with van der Waals surface area (Å²) in [6.07, 6.45) is 9.23. The predicted molar refractivity (Wildman–Crippen MR) is 165 cm³/mol.